The summed E-state index contributed by atoms with van der Waals surface area (Å²) in [6.07, 6.45) is 51.2. The molecule has 1 unspecified atom stereocenters. The summed E-state index contributed by atoms with van der Waals surface area (Å²) < 4.78 is 5.37. The van der Waals surface area contributed by atoms with Crippen molar-refractivity contribution in [2.24, 2.45) is 5.92 Å². The highest BCUT2D eigenvalue weighted by Gasteiger charge is 2.36. The zero-order chi connectivity index (χ0) is 30.2. The first-order valence-corrected chi connectivity index (χ1v) is 19.0. The fourth-order valence-corrected chi connectivity index (χ4v) is 5.99. The third-order valence-corrected chi connectivity index (χ3v) is 8.91. The number of carbonyl (C=O) groups excluding carboxylic acids is 1. The van der Waals surface area contributed by atoms with Crippen LogP contribution in [0.15, 0.2) is 36.1 Å². The van der Waals surface area contributed by atoms with Gasteiger partial charge in [0, 0.05) is 0 Å². The average molecular weight is 585 g/mol. The molecule has 1 aliphatic heterocycles. The van der Waals surface area contributed by atoms with Crippen molar-refractivity contribution in [3.05, 3.63) is 36.1 Å². The van der Waals surface area contributed by atoms with Gasteiger partial charge in [-0.05, 0) is 76.7 Å². The second-order valence-electron chi connectivity index (χ2n) is 13.0. The van der Waals surface area contributed by atoms with Crippen molar-refractivity contribution in [2.45, 2.75) is 206 Å². The summed E-state index contributed by atoms with van der Waals surface area (Å²) in [6.45, 7) is 4.57. The minimum atomic E-state index is 0.00928. The van der Waals surface area contributed by atoms with Crippen LogP contribution in [-0.4, -0.2) is 5.97 Å². The molecule has 1 fully saturated rings. The highest BCUT2D eigenvalue weighted by molar-refractivity contribution is 5.82. The second-order valence-corrected chi connectivity index (χ2v) is 13.0. The Morgan fingerprint density at radius 1 is 0.452 bits per heavy atom. The van der Waals surface area contributed by atoms with Gasteiger partial charge in [-0.25, -0.2) is 0 Å². The highest BCUT2D eigenvalue weighted by atomic mass is 16.6. The van der Waals surface area contributed by atoms with E-state index in [4.69, 9.17) is 4.74 Å². The van der Waals surface area contributed by atoms with Crippen molar-refractivity contribution in [3.63, 3.8) is 0 Å². The summed E-state index contributed by atoms with van der Waals surface area (Å²) in [7, 11) is 0. The first kappa shape index (κ1) is 38.7. The maximum atomic E-state index is 11.9. The van der Waals surface area contributed by atoms with Gasteiger partial charge >= 0.3 is 5.97 Å². The smallest absolute Gasteiger partial charge is 0.321 e. The van der Waals surface area contributed by atoms with Gasteiger partial charge in [-0.1, -0.05) is 160 Å². The summed E-state index contributed by atoms with van der Waals surface area (Å²) >= 11 is 0. The van der Waals surface area contributed by atoms with Gasteiger partial charge in [0.25, 0.3) is 0 Å². The molecule has 0 saturated carbocycles. The number of hydrogen-bond acceptors (Lipinski definition) is 2. The number of esters is 1. The van der Waals surface area contributed by atoms with Crippen LogP contribution < -0.4 is 0 Å². The van der Waals surface area contributed by atoms with E-state index in [2.05, 4.69) is 44.2 Å². The molecular weight excluding hydrogens is 512 g/mol. The standard InChI is InChI=1S/C40H72O2/c1-3-5-7-9-11-13-15-17-19-21-23-25-27-29-31-33-35-37-39-38(40(41)42-39)36-34-32-30-28-26-24-22-20-18-16-14-12-10-8-6-4-2/h17-20,37-38H,3-16,21-36H2,1-2H3/b19-17?,20-18-,39-37?. The molecule has 2 heteroatoms. The predicted molar refractivity (Wildman–Crippen MR) is 186 cm³/mol. The molecule has 0 amide bonds. The van der Waals surface area contributed by atoms with E-state index < -0.39 is 0 Å². The second kappa shape index (κ2) is 31.1. The Morgan fingerprint density at radius 3 is 1.17 bits per heavy atom. The third-order valence-electron chi connectivity index (χ3n) is 8.91. The zero-order valence-electron chi connectivity index (χ0n) is 28.5. The van der Waals surface area contributed by atoms with Crippen LogP contribution in [0.4, 0.5) is 0 Å². The van der Waals surface area contributed by atoms with Gasteiger partial charge in [0.1, 0.15) is 11.7 Å². The van der Waals surface area contributed by atoms with Gasteiger partial charge in [-0.2, -0.15) is 0 Å². The lowest BCUT2D eigenvalue weighted by Crippen LogP contribution is -2.32. The zero-order valence-corrected chi connectivity index (χ0v) is 28.5. The maximum absolute atomic E-state index is 11.9. The van der Waals surface area contributed by atoms with Crippen molar-refractivity contribution in [1.29, 1.82) is 0 Å². The average Bonchev–Trinajstić information content (AvgIpc) is 2.99. The number of allylic oxidation sites excluding steroid dienone is 5. The molecule has 0 N–H and O–H groups in total. The minimum absolute atomic E-state index is 0.00928. The molecule has 0 bridgehead atoms. The first-order chi connectivity index (χ1) is 20.8. The van der Waals surface area contributed by atoms with Gasteiger partial charge in [0.05, 0.1) is 0 Å². The molecular formula is C40H72O2. The Kier molecular flexibility index (Phi) is 28.7. The number of hydrogen-bond donors (Lipinski definition) is 0. The van der Waals surface area contributed by atoms with Gasteiger partial charge in [0.2, 0.25) is 0 Å². The molecule has 0 aromatic rings. The lowest BCUT2D eigenvalue weighted by molar-refractivity contribution is -0.157. The van der Waals surface area contributed by atoms with Crippen LogP contribution in [0.1, 0.15) is 206 Å². The Hall–Kier alpha value is -1.31. The maximum Gasteiger partial charge on any atom is 0.321 e. The van der Waals surface area contributed by atoms with E-state index in [0.29, 0.717) is 0 Å². The molecule has 0 radical (unpaired) electrons. The van der Waals surface area contributed by atoms with Gasteiger partial charge in [0.15, 0.2) is 0 Å². The van der Waals surface area contributed by atoms with Crippen LogP contribution >= 0.6 is 0 Å². The van der Waals surface area contributed by atoms with Gasteiger partial charge in [-0.3, -0.25) is 4.79 Å². The molecule has 0 spiro atoms. The number of unbranched alkanes of at least 4 members (excludes halogenated alkanes) is 25. The van der Waals surface area contributed by atoms with Crippen LogP contribution in [0, 0.1) is 5.92 Å². The molecule has 244 valence electrons. The summed E-state index contributed by atoms with van der Waals surface area (Å²) in [5.41, 5.74) is 0. The summed E-state index contributed by atoms with van der Waals surface area (Å²) in [6, 6.07) is 0. The quantitative estimate of drug-likeness (QED) is 0.0446. The molecule has 2 nitrogen and oxygen atoms in total. The molecule has 1 rings (SSSR count). The Labute approximate surface area is 263 Å². The van der Waals surface area contributed by atoms with Crippen LogP contribution in [0.5, 0.6) is 0 Å². The molecule has 1 saturated heterocycles. The molecule has 42 heavy (non-hydrogen) atoms. The van der Waals surface area contributed by atoms with Crippen LogP contribution in [0.3, 0.4) is 0 Å². The van der Waals surface area contributed by atoms with Crippen molar-refractivity contribution < 1.29 is 9.53 Å². The van der Waals surface area contributed by atoms with E-state index in [1.807, 2.05) is 0 Å². The SMILES string of the molecule is CCCCCCCCC=CCCCCCCCCC=C1OC(=O)C1CCCCCCCC/C=C\CCCCCCCC. The Morgan fingerprint density at radius 2 is 0.786 bits per heavy atom. The van der Waals surface area contributed by atoms with E-state index >= 15 is 0 Å². The number of ether oxygens (including phenoxy) is 1. The van der Waals surface area contributed by atoms with Crippen molar-refractivity contribution in [3.8, 4) is 0 Å². The van der Waals surface area contributed by atoms with Crippen molar-refractivity contribution >= 4 is 5.97 Å². The van der Waals surface area contributed by atoms with Crippen molar-refractivity contribution in [2.75, 3.05) is 0 Å². The molecule has 1 aliphatic rings. The van der Waals surface area contributed by atoms with Crippen LogP contribution in [0.25, 0.3) is 0 Å². The summed E-state index contributed by atoms with van der Waals surface area (Å²) in [5.74, 6) is 1.05. The number of cyclic esters (lactones) is 1. The van der Waals surface area contributed by atoms with Gasteiger partial charge in [-0.15, -0.1) is 0 Å². The lowest BCUT2D eigenvalue weighted by Gasteiger charge is -2.28. The highest BCUT2D eigenvalue weighted by Crippen LogP contribution is 2.32. The predicted octanol–water partition coefficient (Wildman–Crippen LogP) is 13.9. The first-order valence-electron chi connectivity index (χ1n) is 19.0. The van der Waals surface area contributed by atoms with E-state index in [9.17, 15) is 4.79 Å². The molecule has 0 aromatic carbocycles. The normalized spacial score (nSPS) is 16.2. The fraction of sp³-hybridized carbons (Fsp3) is 0.825. The van der Waals surface area contributed by atoms with E-state index in [1.54, 1.807) is 0 Å². The molecule has 1 atom stereocenters. The fourth-order valence-electron chi connectivity index (χ4n) is 5.99. The lowest BCUT2D eigenvalue weighted by atomic mass is 9.93. The minimum Gasteiger partial charge on any atom is -0.430 e. The topological polar surface area (TPSA) is 26.3 Å². The molecule has 1 heterocycles. The number of rotatable bonds is 32. The number of carbonyl (C=O) groups is 1. The van der Waals surface area contributed by atoms with E-state index in [-0.39, 0.29) is 11.9 Å². The monoisotopic (exact) mass is 585 g/mol. The third kappa shape index (κ3) is 24.2. The van der Waals surface area contributed by atoms with Gasteiger partial charge < -0.3 is 4.74 Å². The largest absolute Gasteiger partial charge is 0.430 e. The molecule has 0 aliphatic carbocycles. The van der Waals surface area contributed by atoms with Crippen LogP contribution in [-0.2, 0) is 9.53 Å². The summed E-state index contributed by atoms with van der Waals surface area (Å²) in [4.78, 5) is 11.9. The summed E-state index contributed by atoms with van der Waals surface area (Å²) in [5, 5.41) is 0. The van der Waals surface area contributed by atoms with E-state index in [1.165, 1.54) is 173 Å². The Balaban J connectivity index is 1.87. The van der Waals surface area contributed by atoms with E-state index in [0.717, 1.165) is 25.0 Å². The van der Waals surface area contributed by atoms with Crippen molar-refractivity contribution in [1.82, 2.24) is 0 Å². The Bertz CT molecular complexity index is 673. The molecule has 0 aromatic heterocycles. The van der Waals surface area contributed by atoms with Crippen LogP contribution in [0.2, 0.25) is 0 Å².